The van der Waals surface area contributed by atoms with E-state index in [-0.39, 0.29) is 42.1 Å². The highest BCUT2D eigenvalue weighted by Crippen LogP contribution is 2.20. The number of likely N-dealkylation sites (tertiary alicyclic amines) is 1. The number of hydrogen-bond donors (Lipinski definition) is 0. The summed E-state index contributed by atoms with van der Waals surface area (Å²) in [6.07, 6.45) is 1.08. The van der Waals surface area contributed by atoms with Gasteiger partial charge in [0.15, 0.2) is 5.69 Å². The summed E-state index contributed by atoms with van der Waals surface area (Å²) < 4.78 is 6.38. The van der Waals surface area contributed by atoms with E-state index in [1.807, 2.05) is 30.3 Å². The normalized spacial score (nSPS) is 14.0. The SMILES string of the molecule is CCOC(=O)C1CCN(C(=O)CN(C)C(=O)c2nn(Cc3ccccc3)c(=O)c3ccccc23)CC1. The highest BCUT2D eigenvalue weighted by atomic mass is 16.5. The van der Waals surface area contributed by atoms with Gasteiger partial charge in [-0.2, -0.15) is 5.10 Å². The minimum absolute atomic E-state index is 0.123. The molecule has 188 valence electrons. The molecule has 0 saturated carbocycles. The van der Waals surface area contributed by atoms with Crippen LogP contribution in [0.25, 0.3) is 10.8 Å². The van der Waals surface area contributed by atoms with Crippen LogP contribution in [0.15, 0.2) is 59.4 Å². The van der Waals surface area contributed by atoms with E-state index >= 15 is 0 Å². The van der Waals surface area contributed by atoms with Gasteiger partial charge in [0.2, 0.25) is 5.91 Å². The van der Waals surface area contributed by atoms with Crippen molar-refractivity contribution in [2.24, 2.45) is 5.92 Å². The molecular formula is C27H30N4O5. The van der Waals surface area contributed by atoms with Crippen LogP contribution in [0.2, 0.25) is 0 Å². The average Bonchev–Trinajstić information content (AvgIpc) is 2.90. The van der Waals surface area contributed by atoms with E-state index in [2.05, 4.69) is 5.10 Å². The summed E-state index contributed by atoms with van der Waals surface area (Å²) in [5.74, 6) is -1.06. The minimum atomic E-state index is -0.442. The Balaban J connectivity index is 1.51. The van der Waals surface area contributed by atoms with E-state index < -0.39 is 5.91 Å². The van der Waals surface area contributed by atoms with Crippen LogP contribution >= 0.6 is 0 Å². The number of carbonyl (C=O) groups excluding carboxylic acids is 3. The molecule has 0 atom stereocenters. The third-order valence-electron chi connectivity index (χ3n) is 6.43. The molecule has 2 aromatic carbocycles. The molecular weight excluding hydrogens is 460 g/mol. The Kier molecular flexibility index (Phi) is 7.77. The standard InChI is InChI=1S/C27H30N4O5/c1-3-36-27(35)20-13-15-30(16-14-20)23(32)18-29(2)26(34)24-21-11-7-8-12-22(21)25(33)31(28-24)17-19-9-5-4-6-10-19/h4-12,20H,3,13-18H2,1-2H3. The molecule has 2 heterocycles. The summed E-state index contributed by atoms with van der Waals surface area (Å²) in [6, 6.07) is 16.3. The first kappa shape index (κ1) is 25.1. The predicted octanol–water partition coefficient (Wildman–Crippen LogP) is 2.32. The molecule has 1 aromatic heterocycles. The molecule has 1 aliphatic heterocycles. The van der Waals surface area contributed by atoms with Crippen LogP contribution in [0.5, 0.6) is 0 Å². The molecule has 1 aliphatic rings. The van der Waals surface area contributed by atoms with E-state index in [0.717, 1.165) is 5.56 Å². The van der Waals surface area contributed by atoms with Crippen molar-refractivity contribution in [3.8, 4) is 0 Å². The van der Waals surface area contributed by atoms with Crippen molar-refractivity contribution in [2.45, 2.75) is 26.3 Å². The second kappa shape index (κ2) is 11.2. The zero-order valence-corrected chi connectivity index (χ0v) is 20.6. The zero-order valence-electron chi connectivity index (χ0n) is 20.6. The van der Waals surface area contributed by atoms with E-state index in [0.29, 0.717) is 43.3 Å². The molecule has 1 saturated heterocycles. The maximum atomic E-state index is 13.4. The second-order valence-corrected chi connectivity index (χ2v) is 8.91. The lowest BCUT2D eigenvalue weighted by atomic mass is 9.97. The van der Waals surface area contributed by atoms with Crippen LogP contribution < -0.4 is 5.56 Å². The summed E-state index contributed by atoms with van der Waals surface area (Å²) in [7, 11) is 1.55. The van der Waals surface area contributed by atoms with Crippen LogP contribution in [-0.2, 0) is 20.9 Å². The van der Waals surface area contributed by atoms with Crippen molar-refractivity contribution < 1.29 is 19.1 Å². The highest BCUT2D eigenvalue weighted by molar-refractivity contribution is 6.05. The van der Waals surface area contributed by atoms with Gasteiger partial charge in [0.05, 0.1) is 31.0 Å². The van der Waals surface area contributed by atoms with Crippen molar-refractivity contribution in [3.63, 3.8) is 0 Å². The number of nitrogens with zero attached hydrogens (tertiary/aromatic N) is 4. The molecule has 0 N–H and O–H groups in total. The fraction of sp³-hybridized carbons (Fsp3) is 0.370. The Morgan fingerprint density at radius 1 is 1.00 bits per heavy atom. The van der Waals surface area contributed by atoms with Gasteiger partial charge in [-0.3, -0.25) is 19.2 Å². The lowest BCUT2D eigenvalue weighted by Crippen LogP contribution is -2.46. The van der Waals surface area contributed by atoms with Gasteiger partial charge in [-0.15, -0.1) is 0 Å². The molecule has 4 rings (SSSR count). The van der Waals surface area contributed by atoms with Crippen LogP contribution in [0.3, 0.4) is 0 Å². The molecule has 9 nitrogen and oxygen atoms in total. The van der Waals surface area contributed by atoms with E-state index in [9.17, 15) is 19.2 Å². The number of amides is 2. The van der Waals surface area contributed by atoms with Crippen LogP contribution in [0, 0.1) is 5.92 Å². The van der Waals surface area contributed by atoms with Gasteiger partial charge in [-0.1, -0.05) is 48.5 Å². The molecule has 2 amide bonds. The number of piperidine rings is 1. The lowest BCUT2D eigenvalue weighted by molar-refractivity contribution is -0.151. The first-order chi connectivity index (χ1) is 17.4. The summed E-state index contributed by atoms with van der Waals surface area (Å²) in [4.78, 5) is 54.4. The predicted molar refractivity (Wildman–Crippen MR) is 134 cm³/mol. The lowest BCUT2D eigenvalue weighted by Gasteiger charge is -2.32. The van der Waals surface area contributed by atoms with Crippen molar-refractivity contribution in [1.29, 1.82) is 0 Å². The van der Waals surface area contributed by atoms with E-state index in [1.54, 1.807) is 43.1 Å². The van der Waals surface area contributed by atoms with Gasteiger partial charge in [0, 0.05) is 25.5 Å². The minimum Gasteiger partial charge on any atom is -0.466 e. The number of aromatic nitrogens is 2. The summed E-state index contributed by atoms with van der Waals surface area (Å²) in [5, 5.41) is 5.27. The second-order valence-electron chi connectivity index (χ2n) is 8.91. The maximum Gasteiger partial charge on any atom is 0.309 e. The fourth-order valence-corrected chi connectivity index (χ4v) is 4.44. The number of benzene rings is 2. The first-order valence-corrected chi connectivity index (χ1v) is 12.1. The van der Waals surface area contributed by atoms with Crippen LogP contribution in [0.1, 0.15) is 35.8 Å². The highest BCUT2D eigenvalue weighted by Gasteiger charge is 2.29. The third kappa shape index (κ3) is 5.45. The smallest absolute Gasteiger partial charge is 0.309 e. The Morgan fingerprint density at radius 2 is 1.64 bits per heavy atom. The topological polar surface area (TPSA) is 102 Å². The number of esters is 1. The van der Waals surface area contributed by atoms with Crippen LogP contribution in [0.4, 0.5) is 0 Å². The molecule has 0 unspecified atom stereocenters. The van der Waals surface area contributed by atoms with Gasteiger partial charge in [-0.05, 0) is 31.4 Å². The number of ether oxygens (including phenoxy) is 1. The maximum absolute atomic E-state index is 13.4. The Labute approximate surface area is 209 Å². The van der Waals surface area contributed by atoms with Crippen molar-refractivity contribution in [1.82, 2.24) is 19.6 Å². The molecule has 1 fully saturated rings. The quantitative estimate of drug-likeness (QED) is 0.471. The number of likely N-dealkylation sites (N-methyl/N-ethyl adjacent to an activating group) is 1. The van der Waals surface area contributed by atoms with E-state index in [4.69, 9.17) is 4.74 Å². The van der Waals surface area contributed by atoms with E-state index in [1.165, 1.54) is 9.58 Å². The first-order valence-electron chi connectivity index (χ1n) is 12.1. The molecule has 0 aliphatic carbocycles. The zero-order chi connectivity index (χ0) is 25.7. The molecule has 0 bridgehead atoms. The number of rotatable bonds is 7. The van der Waals surface area contributed by atoms with Gasteiger partial charge >= 0.3 is 5.97 Å². The number of fused-ring (bicyclic) bond motifs is 1. The summed E-state index contributed by atoms with van der Waals surface area (Å²) >= 11 is 0. The Hall–Kier alpha value is -4.01. The summed E-state index contributed by atoms with van der Waals surface area (Å²) in [5.41, 5.74) is 0.724. The number of hydrogen-bond acceptors (Lipinski definition) is 6. The van der Waals surface area contributed by atoms with Crippen molar-refractivity contribution in [3.05, 3.63) is 76.2 Å². The largest absolute Gasteiger partial charge is 0.466 e. The molecule has 9 heteroatoms. The monoisotopic (exact) mass is 490 g/mol. The van der Waals surface area contributed by atoms with Crippen LogP contribution in [-0.4, -0.2) is 70.7 Å². The average molecular weight is 491 g/mol. The fourth-order valence-electron chi connectivity index (χ4n) is 4.44. The molecule has 36 heavy (non-hydrogen) atoms. The molecule has 3 aromatic rings. The van der Waals surface area contributed by atoms with Gasteiger partial charge in [-0.25, -0.2) is 4.68 Å². The molecule has 0 radical (unpaired) electrons. The Bertz CT molecular complexity index is 1310. The number of carbonyl (C=O) groups is 3. The van der Waals surface area contributed by atoms with Crippen molar-refractivity contribution >= 4 is 28.6 Å². The van der Waals surface area contributed by atoms with Gasteiger partial charge in [0.25, 0.3) is 11.5 Å². The van der Waals surface area contributed by atoms with Gasteiger partial charge < -0.3 is 14.5 Å². The molecule has 0 spiro atoms. The Morgan fingerprint density at radius 3 is 2.31 bits per heavy atom. The van der Waals surface area contributed by atoms with Gasteiger partial charge in [0.1, 0.15) is 0 Å². The van der Waals surface area contributed by atoms with Crippen molar-refractivity contribution in [2.75, 3.05) is 33.3 Å². The summed E-state index contributed by atoms with van der Waals surface area (Å²) in [6.45, 7) is 3.09. The third-order valence-corrected chi connectivity index (χ3v) is 6.43.